The van der Waals surface area contributed by atoms with Gasteiger partial charge in [-0.15, -0.1) is 5.10 Å². The van der Waals surface area contributed by atoms with Gasteiger partial charge >= 0.3 is 5.97 Å². The first-order chi connectivity index (χ1) is 8.65. The fourth-order valence-electron chi connectivity index (χ4n) is 1.16. The number of thioether (sulfide) groups is 1. The number of hydrogen-bond donors (Lipinski definition) is 1. The molecular formula is C9H8N6O2S. The number of fused-ring (bicyclic) bond motifs is 1. The first-order valence-electron chi connectivity index (χ1n) is 4.76. The molecule has 0 aliphatic rings. The average Bonchev–Trinajstić information content (AvgIpc) is 2.80. The summed E-state index contributed by atoms with van der Waals surface area (Å²) in [6.07, 6.45) is 1.33. The van der Waals surface area contributed by atoms with E-state index in [4.69, 9.17) is 11.0 Å². The smallest absolute Gasteiger partial charge is 0.316 e. The van der Waals surface area contributed by atoms with Crippen molar-refractivity contribution in [2.75, 3.05) is 18.6 Å². The first-order valence-corrected chi connectivity index (χ1v) is 5.75. The molecule has 2 heterocycles. The largest absolute Gasteiger partial charge is 0.468 e. The fourth-order valence-corrected chi connectivity index (χ4v) is 1.81. The van der Waals surface area contributed by atoms with Crippen LogP contribution < -0.4 is 5.73 Å². The predicted molar refractivity (Wildman–Crippen MR) is 62.6 cm³/mol. The van der Waals surface area contributed by atoms with E-state index in [1.807, 2.05) is 6.07 Å². The Labute approximate surface area is 106 Å². The monoisotopic (exact) mass is 264 g/mol. The molecule has 0 atom stereocenters. The molecule has 0 amide bonds. The molecule has 0 bridgehead atoms. The quantitative estimate of drug-likeness (QED) is 0.600. The lowest BCUT2D eigenvalue weighted by atomic mass is 10.3. The van der Waals surface area contributed by atoms with Crippen molar-refractivity contribution in [3.8, 4) is 6.07 Å². The molecular weight excluding hydrogens is 256 g/mol. The Kier molecular flexibility index (Phi) is 3.29. The molecule has 8 nitrogen and oxygen atoms in total. The van der Waals surface area contributed by atoms with Gasteiger partial charge in [0.2, 0.25) is 5.16 Å². The molecule has 0 saturated heterocycles. The Hall–Kier alpha value is -2.34. The predicted octanol–water partition coefficient (Wildman–Crippen LogP) is -0.157. The van der Waals surface area contributed by atoms with E-state index in [0.29, 0.717) is 5.16 Å². The van der Waals surface area contributed by atoms with E-state index in [1.54, 1.807) is 0 Å². The van der Waals surface area contributed by atoms with Gasteiger partial charge in [-0.25, -0.2) is 4.98 Å². The standard InChI is InChI=1S/C9H8N6O2S/c1-17-6(16)4-18-9-13-8-12-3-5(2-10)7(11)15(8)14-9/h3H,4,11H2,1H3. The molecule has 92 valence electrons. The van der Waals surface area contributed by atoms with E-state index in [9.17, 15) is 4.79 Å². The molecule has 2 N–H and O–H groups in total. The van der Waals surface area contributed by atoms with Crippen molar-refractivity contribution < 1.29 is 9.53 Å². The van der Waals surface area contributed by atoms with Crippen molar-refractivity contribution in [1.29, 1.82) is 5.26 Å². The summed E-state index contributed by atoms with van der Waals surface area (Å²) in [5.74, 6) is 0.162. The van der Waals surface area contributed by atoms with Crippen LogP contribution in [0.4, 0.5) is 5.82 Å². The molecule has 0 aromatic carbocycles. The van der Waals surface area contributed by atoms with Gasteiger partial charge in [0, 0.05) is 0 Å². The molecule has 0 unspecified atom stereocenters. The van der Waals surface area contributed by atoms with Crippen LogP contribution in [0.25, 0.3) is 5.78 Å². The summed E-state index contributed by atoms with van der Waals surface area (Å²) in [5.41, 5.74) is 5.94. The van der Waals surface area contributed by atoms with Gasteiger partial charge in [-0.2, -0.15) is 14.8 Å². The van der Waals surface area contributed by atoms with Gasteiger partial charge in [0.25, 0.3) is 5.78 Å². The van der Waals surface area contributed by atoms with Crippen LogP contribution in [0.3, 0.4) is 0 Å². The number of anilines is 1. The maximum Gasteiger partial charge on any atom is 0.316 e. The minimum atomic E-state index is -0.377. The number of hydrogen-bond acceptors (Lipinski definition) is 8. The highest BCUT2D eigenvalue weighted by Gasteiger charge is 2.12. The Morgan fingerprint density at radius 1 is 1.72 bits per heavy atom. The average molecular weight is 264 g/mol. The molecule has 2 aromatic heterocycles. The van der Waals surface area contributed by atoms with E-state index >= 15 is 0 Å². The van der Waals surface area contributed by atoms with Crippen molar-refractivity contribution >= 4 is 29.3 Å². The zero-order valence-corrected chi connectivity index (χ0v) is 10.1. The van der Waals surface area contributed by atoms with Crippen molar-refractivity contribution in [1.82, 2.24) is 19.6 Å². The van der Waals surface area contributed by atoms with Crippen LogP contribution >= 0.6 is 11.8 Å². The second kappa shape index (κ2) is 4.89. The number of rotatable bonds is 3. The second-order valence-electron chi connectivity index (χ2n) is 3.14. The van der Waals surface area contributed by atoms with Crippen molar-refractivity contribution in [3.63, 3.8) is 0 Å². The van der Waals surface area contributed by atoms with Gasteiger partial charge in [-0.3, -0.25) is 4.79 Å². The second-order valence-corrected chi connectivity index (χ2v) is 4.08. The highest BCUT2D eigenvalue weighted by molar-refractivity contribution is 7.99. The summed E-state index contributed by atoms with van der Waals surface area (Å²) in [6.45, 7) is 0. The van der Waals surface area contributed by atoms with E-state index in [1.165, 1.54) is 17.8 Å². The van der Waals surface area contributed by atoms with Crippen LogP contribution in [0.5, 0.6) is 0 Å². The van der Waals surface area contributed by atoms with E-state index in [-0.39, 0.29) is 28.9 Å². The lowest BCUT2D eigenvalue weighted by molar-refractivity contribution is -0.137. The molecule has 0 aliphatic carbocycles. The number of carbonyl (C=O) groups is 1. The molecule has 0 saturated carbocycles. The number of nitrogens with zero attached hydrogens (tertiary/aromatic N) is 5. The number of aromatic nitrogens is 4. The molecule has 18 heavy (non-hydrogen) atoms. The summed E-state index contributed by atoms with van der Waals surface area (Å²) < 4.78 is 5.76. The zero-order valence-electron chi connectivity index (χ0n) is 9.32. The summed E-state index contributed by atoms with van der Waals surface area (Å²) in [7, 11) is 1.30. The summed E-state index contributed by atoms with van der Waals surface area (Å²) >= 11 is 1.10. The number of nitrogen functional groups attached to an aromatic ring is 1. The minimum absolute atomic E-state index is 0.0956. The number of esters is 1. The van der Waals surface area contributed by atoms with Gasteiger partial charge < -0.3 is 10.5 Å². The Bertz CT molecular complexity index is 646. The lowest BCUT2D eigenvalue weighted by Crippen LogP contribution is -2.04. The van der Waals surface area contributed by atoms with Crippen molar-refractivity contribution in [2.24, 2.45) is 0 Å². The molecule has 0 fully saturated rings. The summed E-state index contributed by atoms with van der Waals surface area (Å²) in [4.78, 5) is 19.0. The number of carbonyl (C=O) groups excluding carboxylic acids is 1. The molecule has 0 radical (unpaired) electrons. The number of nitriles is 1. The maximum absolute atomic E-state index is 11.0. The summed E-state index contributed by atoms with van der Waals surface area (Å²) in [5, 5.41) is 13.2. The van der Waals surface area contributed by atoms with Gasteiger partial charge in [0.15, 0.2) is 0 Å². The number of nitrogens with two attached hydrogens (primary N) is 1. The van der Waals surface area contributed by atoms with E-state index in [2.05, 4.69) is 19.8 Å². The van der Waals surface area contributed by atoms with Crippen LogP contribution in [0.2, 0.25) is 0 Å². The molecule has 9 heteroatoms. The lowest BCUT2D eigenvalue weighted by Gasteiger charge is -1.97. The molecule has 0 spiro atoms. The van der Waals surface area contributed by atoms with Crippen LogP contribution in [-0.4, -0.2) is 38.4 Å². The van der Waals surface area contributed by atoms with Crippen molar-refractivity contribution in [3.05, 3.63) is 11.8 Å². The van der Waals surface area contributed by atoms with Crippen molar-refractivity contribution in [2.45, 2.75) is 5.16 Å². The Balaban J connectivity index is 2.31. The number of ether oxygens (including phenoxy) is 1. The molecule has 0 aliphatic heterocycles. The van der Waals surface area contributed by atoms with E-state index < -0.39 is 0 Å². The first kappa shape index (κ1) is 12.1. The summed E-state index contributed by atoms with van der Waals surface area (Å²) in [6, 6.07) is 1.90. The third-order valence-corrected chi connectivity index (χ3v) is 2.86. The van der Waals surface area contributed by atoms with Crippen LogP contribution in [0.15, 0.2) is 11.4 Å². The highest BCUT2D eigenvalue weighted by Crippen LogP contribution is 2.17. The zero-order chi connectivity index (χ0) is 13.1. The van der Waals surface area contributed by atoms with Crippen LogP contribution in [0, 0.1) is 11.3 Å². The van der Waals surface area contributed by atoms with Gasteiger partial charge in [-0.05, 0) is 0 Å². The molecule has 2 rings (SSSR count). The fraction of sp³-hybridized carbons (Fsp3) is 0.222. The number of methoxy groups -OCH3 is 1. The SMILES string of the molecule is COC(=O)CSc1nc2ncc(C#N)c(N)n2n1. The normalized spacial score (nSPS) is 10.2. The third-order valence-electron chi connectivity index (χ3n) is 2.05. The van der Waals surface area contributed by atoms with Gasteiger partial charge in [-0.1, -0.05) is 11.8 Å². The topological polar surface area (TPSA) is 119 Å². The highest BCUT2D eigenvalue weighted by atomic mass is 32.2. The minimum Gasteiger partial charge on any atom is -0.468 e. The van der Waals surface area contributed by atoms with Gasteiger partial charge in [0.1, 0.15) is 17.5 Å². The maximum atomic E-state index is 11.0. The Morgan fingerprint density at radius 3 is 3.17 bits per heavy atom. The van der Waals surface area contributed by atoms with Gasteiger partial charge in [0.05, 0.1) is 19.1 Å². The van der Waals surface area contributed by atoms with E-state index in [0.717, 1.165) is 11.8 Å². The van der Waals surface area contributed by atoms with Crippen LogP contribution in [0.1, 0.15) is 5.56 Å². The third kappa shape index (κ3) is 2.18. The molecule has 2 aromatic rings. The Morgan fingerprint density at radius 2 is 2.50 bits per heavy atom. The van der Waals surface area contributed by atoms with Crippen LogP contribution in [-0.2, 0) is 9.53 Å².